The van der Waals surface area contributed by atoms with Crippen LogP contribution in [0.2, 0.25) is 0 Å². The third-order valence-corrected chi connectivity index (χ3v) is 8.10. The SMILES string of the molecule is O=P([CH-]CCP(=O)(Oc1ccccc1)Oc1ccccc1)(Oc1ccccc1)Oc1ccccc1.[Cl][Pd][Cl]. The second-order valence-electron chi connectivity index (χ2n) is 7.51. The topological polar surface area (TPSA) is 71.1 Å². The van der Waals surface area contributed by atoms with Crippen LogP contribution in [0.3, 0.4) is 0 Å². The van der Waals surface area contributed by atoms with Gasteiger partial charge in [0.15, 0.2) is 0 Å². The van der Waals surface area contributed by atoms with Crippen LogP contribution in [0, 0.1) is 6.16 Å². The van der Waals surface area contributed by atoms with E-state index in [1.54, 1.807) is 97.1 Å². The van der Waals surface area contributed by atoms with Crippen molar-refractivity contribution in [3.05, 3.63) is 127 Å². The molecule has 6 nitrogen and oxygen atoms in total. The van der Waals surface area contributed by atoms with Crippen molar-refractivity contribution in [1.82, 2.24) is 0 Å². The second-order valence-corrected chi connectivity index (χ2v) is 13.7. The molecule has 0 heterocycles. The van der Waals surface area contributed by atoms with E-state index in [2.05, 4.69) is 0 Å². The second kappa shape index (κ2) is 16.0. The van der Waals surface area contributed by atoms with Crippen LogP contribution in [0.25, 0.3) is 0 Å². The summed E-state index contributed by atoms with van der Waals surface area (Å²) in [5.41, 5.74) is 0. The van der Waals surface area contributed by atoms with Gasteiger partial charge in [0.25, 0.3) is 7.60 Å². The van der Waals surface area contributed by atoms with Gasteiger partial charge in [-0.15, -0.1) is 0 Å². The predicted molar refractivity (Wildman–Crippen MR) is 149 cm³/mol. The van der Waals surface area contributed by atoms with Crippen molar-refractivity contribution in [2.24, 2.45) is 0 Å². The van der Waals surface area contributed by atoms with Crippen LogP contribution < -0.4 is 18.1 Å². The van der Waals surface area contributed by atoms with Gasteiger partial charge in [-0.3, -0.25) is 4.57 Å². The summed E-state index contributed by atoms with van der Waals surface area (Å²) in [5, 5.41) is 0. The van der Waals surface area contributed by atoms with Crippen molar-refractivity contribution in [1.29, 1.82) is 0 Å². The Balaban J connectivity index is 0.00000127. The van der Waals surface area contributed by atoms with E-state index in [4.69, 9.17) is 37.2 Å². The van der Waals surface area contributed by atoms with Crippen molar-refractivity contribution < 1.29 is 43.2 Å². The Morgan fingerprint density at radius 2 is 0.842 bits per heavy atom. The van der Waals surface area contributed by atoms with E-state index >= 15 is 0 Å². The van der Waals surface area contributed by atoms with E-state index in [0.717, 1.165) is 0 Å². The molecule has 0 aliphatic carbocycles. The first-order chi connectivity index (χ1) is 18.4. The fourth-order valence-electron chi connectivity index (χ4n) is 3.12. The molecule has 0 bridgehead atoms. The molecule has 0 unspecified atom stereocenters. The molecular formula is C27H25Cl2O6P2Pd-. The summed E-state index contributed by atoms with van der Waals surface area (Å²) >= 11 is -0.106. The summed E-state index contributed by atoms with van der Waals surface area (Å²) in [7, 11) is 2.18. The molecule has 0 atom stereocenters. The van der Waals surface area contributed by atoms with Gasteiger partial charge in [-0.1, -0.05) is 72.8 Å². The van der Waals surface area contributed by atoms with Crippen molar-refractivity contribution in [2.45, 2.75) is 6.42 Å². The first-order valence-electron chi connectivity index (χ1n) is 11.3. The zero-order valence-corrected chi connectivity index (χ0v) is 24.8. The van der Waals surface area contributed by atoms with E-state index in [-0.39, 0.29) is 28.5 Å². The molecule has 4 aromatic carbocycles. The number of rotatable bonds is 12. The van der Waals surface area contributed by atoms with E-state index < -0.39 is 15.2 Å². The van der Waals surface area contributed by atoms with Gasteiger partial charge in [-0.2, -0.15) is 12.6 Å². The molecule has 0 N–H and O–H groups in total. The molecule has 4 rings (SSSR count). The van der Waals surface area contributed by atoms with Gasteiger partial charge in [0.2, 0.25) is 0 Å². The fraction of sp³-hybridized carbons (Fsp3) is 0.0741. The van der Waals surface area contributed by atoms with Crippen LogP contribution in [0.15, 0.2) is 121 Å². The van der Waals surface area contributed by atoms with E-state index in [9.17, 15) is 9.13 Å². The zero-order chi connectivity index (χ0) is 27.1. The quantitative estimate of drug-likeness (QED) is 0.0841. The van der Waals surface area contributed by atoms with Gasteiger partial charge in [-0.25, -0.2) is 4.57 Å². The number of hydrogen-bond acceptors (Lipinski definition) is 6. The Bertz CT molecular complexity index is 1110. The third kappa shape index (κ3) is 10.9. The van der Waals surface area contributed by atoms with Gasteiger partial charge >= 0.3 is 42.6 Å². The zero-order valence-electron chi connectivity index (χ0n) is 20.0. The number of halogens is 2. The first kappa shape index (κ1) is 30.3. The molecule has 0 aromatic heterocycles. The summed E-state index contributed by atoms with van der Waals surface area (Å²) in [4.78, 5) is 0. The van der Waals surface area contributed by atoms with Crippen molar-refractivity contribution >= 4 is 34.2 Å². The standard InChI is InChI=1S/C27H25O6P2.2ClH.Pd/c28-34(30-24-14-5-1-6-15-24,31-25-16-7-2-8-17-25)22-13-23-35(29,32-26-18-9-3-10-19-26)33-27-20-11-4-12-21-27;;;/h1-12,14-22H,13,23H2;2*1H;/q-1;;;+2/p-2. The first-order valence-corrected chi connectivity index (χ1v) is 18.6. The molecule has 0 aliphatic heterocycles. The molecule has 0 aliphatic rings. The summed E-state index contributed by atoms with van der Waals surface area (Å²) < 4.78 is 50.5. The average molecular weight is 685 g/mol. The molecule has 0 radical (unpaired) electrons. The third-order valence-electron chi connectivity index (χ3n) is 4.68. The maximum absolute atomic E-state index is 13.7. The Hall–Kier alpha value is -2.22. The Labute approximate surface area is 239 Å². The van der Waals surface area contributed by atoms with Gasteiger partial charge in [-0.05, 0) is 48.5 Å². The molecule has 0 fully saturated rings. The van der Waals surface area contributed by atoms with Gasteiger partial charge in [0, 0.05) is 6.16 Å². The van der Waals surface area contributed by atoms with E-state index in [1.807, 2.05) is 24.3 Å². The predicted octanol–water partition coefficient (Wildman–Crippen LogP) is 9.62. The fourth-order valence-corrected chi connectivity index (χ4v) is 6.34. The Kier molecular flexibility index (Phi) is 12.8. The maximum atomic E-state index is 13.7. The summed E-state index contributed by atoms with van der Waals surface area (Å²) in [5.74, 6) is 1.62. The van der Waals surface area contributed by atoms with Crippen molar-refractivity contribution in [3.8, 4) is 23.0 Å². The Morgan fingerprint density at radius 3 is 1.16 bits per heavy atom. The molecule has 204 valence electrons. The summed E-state index contributed by atoms with van der Waals surface area (Å²) in [6.07, 6.45) is 1.45. The van der Waals surface area contributed by atoms with Crippen molar-refractivity contribution in [3.63, 3.8) is 0 Å². The van der Waals surface area contributed by atoms with Gasteiger partial charge < -0.3 is 18.1 Å². The molecule has 0 amide bonds. The monoisotopic (exact) mass is 683 g/mol. The van der Waals surface area contributed by atoms with Crippen molar-refractivity contribution in [2.75, 3.05) is 6.16 Å². The van der Waals surface area contributed by atoms with Crippen LogP contribution in [-0.2, 0) is 25.1 Å². The molecule has 0 saturated carbocycles. The number of hydrogen-bond donors (Lipinski definition) is 0. The van der Waals surface area contributed by atoms with Crippen LogP contribution in [0.5, 0.6) is 23.0 Å². The molecular weight excluding hydrogens is 660 g/mol. The van der Waals surface area contributed by atoms with Crippen LogP contribution in [-0.4, -0.2) is 6.16 Å². The number of para-hydroxylation sites is 4. The summed E-state index contributed by atoms with van der Waals surface area (Å²) in [6.45, 7) is 0. The molecule has 4 aromatic rings. The van der Waals surface area contributed by atoms with Crippen LogP contribution in [0.4, 0.5) is 0 Å². The minimum absolute atomic E-state index is 0.0446. The average Bonchev–Trinajstić information content (AvgIpc) is 2.91. The molecule has 38 heavy (non-hydrogen) atoms. The van der Waals surface area contributed by atoms with Gasteiger partial charge in [0.05, 0.1) is 0 Å². The minimum atomic E-state index is -3.77. The van der Waals surface area contributed by atoms with E-state index in [1.165, 1.54) is 6.16 Å². The van der Waals surface area contributed by atoms with Crippen LogP contribution in [0.1, 0.15) is 6.42 Å². The molecule has 0 saturated heterocycles. The van der Waals surface area contributed by atoms with Gasteiger partial charge in [0.1, 0.15) is 23.0 Å². The Morgan fingerprint density at radius 1 is 0.553 bits per heavy atom. The number of benzene rings is 4. The normalized spacial score (nSPS) is 11.1. The van der Waals surface area contributed by atoms with E-state index in [0.29, 0.717) is 23.0 Å². The van der Waals surface area contributed by atoms with Crippen LogP contribution >= 0.6 is 34.2 Å². The molecule has 0 spiro atoms. The summed E-state index contributed by atoms with van der Waals surface area (Å²) in [6, 6.07) is 35.1. The molecule has 11 heteroatoms.